The summed E-state index contributed by atoms with van der Waals surface area (Å²) in [6, 6.07) is 3.63. The van der Waals surface area contributed by atoms with Crippen LogP contribution >= 0.6 is 50.5 Å². The van der Waals surface area contributed by atoms with E-state index in [0.717, 1.165) is 19.6 Å². The summed E-state index contributed by atoms with van der Waals surface area (Å²) in [5.41, 5.74) is 0. The summed E-state index contributed by atoms with van der Waals surface area (Å²) in [5, 5.41) is 0. The van der Waals surface area contributed by atoms with Crippen molar-refractivity contribution in [3.63, 3.8) is 0 Å². The number of hydrogen-bond acceptors (Lipinski definition) is 4. The fraction of sp³-hybridized carbons (Fsp3) is 0. The molecule has 0 fully saturated rings. The molecule has 0 bridgehead atoms. The second-order valence-corrected chi connectivity index (χ2v) is 3.76. The van der Waals surface area contributed by atoms with Gasteiger partial charge in [-0.05, 0) is 12.1 Å². The van der Waals surface area contributed by atoms with Crippen molar-refractivity contribution in [2.45, 2.75) is 19.6 Å². The zero-order valence-electron chi connectivity index (χ0n) is 9.94. The first-order chi connectivity index (χ1) is 4.61. The van der Waals surface area contributed by atoms with Gasteiger partial charge in [-0.1, -0.05) is 0 Å². The first-order valence-electron chi connectivity index (χ1n) is 2.55. The standard InChI is InChI=1S/C6H6S4.5Na/c7-3-1-4(8)6(10)2-5(3)9;;;;;/h1-2,7-10H;;;;;. The molecule has 1 aromatic rings. The Labute approximate surface area is 224 Å². The monoisotopic (exact) mass is 321 g/mol. The predicted octanol–water partition coefficient (Wildman–Crippen LogP) is 0.937. The topological polar surface area (TPSA) is 0 Å². The maximum atomic E-state index is 4.16. The van der Waals surface area contributed by atoms with Crippen LogP contribution in [-0.2, 0) is 0 Å². The van der Waals surface area contributed by atoms with Crippen molar-refractivity contribution < 1.29 is 0 Å². The molecule has 0 aliphatic rings. The van der Waals surface area contributed by atoms with Crippen LogP contribution < -0.4 is 0 Å². The summed E-state index contributed by atoms with van der Waals surface area (Å²) in [7, 11) is 0. The molecule has 0 saturated carbocycles. The third-order valence-corrected chi connectivity index (χ3v) is 2.90. The van der Waals surface area contributed by atoms with E-state index in [0.29, 0.717) is 0 Å². The van der Waals surface area contributed by atoms with Crippen molar-refractivity contribution >= 4 is 198 Å². The van der Waals surface area contributed by atoms with Crippen molar-refractivity contribution in [1.29, 1.82) is 0 Å². The van der Waals surface area contributed by atoms with Crippen LogP contribution in [0.3, 0.4) is 0 Å². The molecule has 0 atom stereocenters. The van der Waals surface area contributed by atoms with E-state index in [2.05, 4.69) is 50.5 Å². The molecule has 1 aromatic carbocycles. The summed E-state index contributed by atoms with van der Waals surface area (Å²) < 4.78 is 0. The summed E-state index contributed by atoms with van der Waals surface area (Å²) in [6.45, 7) is 0. The average molecular weight is 321 g/mol. The van der Waals surface area contributed by atoms with Crippen molar-refractivity contribution in [2.24, 2.45) is 0 Å². The molecule has 15 heavy (non-hydrogen) atoms. The van der Waals surface area contributed by atoms with Crippen LogP contribution in [0, 0.1) is 0 Å². The summed E-state index contributed by atoms with van der Waals surface area (Å²) in [6.07, 6.45) is 0. The third kappa shape index (κ3) is 13.0. The Kier molecular flexibility index (Phi) is 38.3. The van der Waals surface area contributed by atoms with Crippen LogP contribution in [-0.4, -0.2) is 148 Å². The smallest absolute Gasteiger partial charge is 0.0186 e. The molecule has 0 saturated heterocycles. The molecule has 9 heteroatoms. The van der Waals surface area contributed by atoms with Crippen LogP contribution in [0.1, 0.15) is 0 Å². The van der Waals surface area contributed by atoms with Crippen molar-refractivity contribution in [3.8, 4) is 0 Å². The van der Waals surface area contributed by atoms with E-state index in [1.807, 2.05) is 12.1 Å². The van der Waals surface area contributed by atoms with Crippen LogP contribution in [0.15, 0.2) is 31.7 Å². The Morgan fingerprint density at radius 2 is 0.600 bits per heavy atom. The minimum Gasteiger partial charge on any atom is -0.142 e. The first kappa shape index (κ1) is 32.5. The minimum atomic E-state index is 0. The molecule has 0 aromatic heterocycles. The van der Waals surface area contributed by atoms with Gasteiger partial charge in [-0.2, -0.15) is 0 Å². The van der Waals surface area contributed by atoms with Crippen LogP contribution in [0.25, 0.3) is 0 Å². The first-order valence-corrected chi connectivity index (χ1v) is 4.34. The molecule has 0 aliphatic heterocycles. The van der Waals surface area contributed by atoms with Crippen LogP contribution in [0.4, 0.5) is 0 Å². The number of thiol groups is 4. The van der Waals surface area contributed by atoms with E-state index in [1.165, 1.54) is 0 Å². The zero-order valence-corrected chi connectivity index (χ0v) is 23.5. The van der Waals surface area contributed by atoms with Gasteiger partial charge >= 0.3 is 0 Å². The molecule has 1 rings (SSSR count). The molecule has 0 nitrogen and oxygen atoms in total. The molecule has 0 aliphatic carbocycles. The van der Waals surface area contributed by atoms with E-state index < -0.39 is 0 Å². The van der Waals surface area contributed by atoms with Gasteiger partial charge in [0.2, 0.25) is 0 Å². The van der Waals surface area contributed by atoms with E-state index in [9.17, 15) is 0 Å². The number of hydrogen-bond donors (Lipinski definition) is 4. The van der Waals surface area contributed by atoms with Gasteiger partial charge in [-0.3, -0.25) is 0 Å². The van der Waals surface area contributed by atoms with E-state index in [-0.39, 0.29) is 148 Å². The van der Waals surface area contributed by atoms with Gasteiger partial charge in [0.15, 0.2) is 0 Å². The molecule has 0 amide bonds. The second kappa shape index (κ2) is 17.7. The van der Waals surface area contributed by atoms with Gasteiger partial charge in [0.25, 0.3) is 0 Å². The van der Waals surface area contributed by atoms with E-state index >= 15 is 0 Å². The quantitative estimate of drug-likeness (QED) is 0.397. The second-order valence-electron chi connectivity index (χ2n) is 1.83. The Hall–Kier alpha value is 5.62. The van der Waals surface area contributed by atoms with Crippen LogP contribution in [0.5, 0.6) is 0 Å². The summed E-state index contributed by atoms with van der Waals surface area (Å²) in [5.74, 6) is 0. The molecule has 59 valence electrons. The largest absolute Gasteiger partial charge is 0.142 e. The Balaban J connectivity index is -0.0000000667. The molecule has 5 radical (unpaired) electrons. The molecular weight excluding hydrogens is 315 g/mol. The molecule has 0 N–H and O–H groups in total. The molecular formula is C6H6Na5S4. The Bertz CT molecular complexity index is 220. The molecule has 0 spiro atoms. The van der Waals surface area contributed by atoms with Gasteiger partial charge in [0.05, 0.1) is 0 Å². The van der Waals surface area contributed by atoms with Gasteiger partial charge < -0.3 is 0 Å². The van der Waals surface area contributed by atoms with Gasteiger partial charge in [0, 0.05) is 167 Å². The molecule has 0 unspecified atom stereocenters. The summed E-state index contributed by atoms with van der Waals surface area (Å²) in [4.78, 5) is 3.30. The third-order valence-electron chi connectivity index (χ3n) is 1.07. The molecule has 0 heterocycles. The maximum absolute atomic E-state index is 4.16. The van der Waals surface area contributed by atoms with E-state index in [1.54, 1.807) is 0 Å². The van der Waals surface area contributed by atoms with Gasteiger partial charge in [0.1, 0.15) is 0 Å². The van der Waals surface area contributed by atoms with Crippen molar-refractivity contribution in [2.75, 3.05) is 0 Å². The normalized spacial score (nSPS) is 6.67. The predicted molar refractivity (Wildman–Crippen MR) is 84.2 cm³/mol. The SMILES string of the molecule is Sc1cc(S)c(S)cc1S.[Na].[Na].[Na].[Na].[Na]. The fourth-order valence-electron chi connectivity index (χ4n) is 0.555. The van der Waals surface area contributed by atoms with Crippen molar-refractivity contribution in [1.82, 2.24) is 0 Å². The maximum Gasteiger partial charge on any atom is 0.0186 e. The zero-order chi connectivity index (χ0) is 7.72. The minimum absolute atomic E-state index is 0. The van der Waals surface area contributed by atoms with E-state index in [4.69, 9.17) is 0 Å². The Morgan fingerprint density at radius 1 is 0.467 bits per heavy atom. The Morgan fingerprint density at radius 3 is 0.733 bits per heavy atom. The van der Waals surface area contributed by atoms with Gasteiger partial charge in [-0.25, -0.2) is 0 Å². The van der Waals surface area contributed by atoms with Crippen LogP contribution in [0.2, 0.25) is 0 Å². The summed E-state index contributed by atoms with van der Waals surface area (Å²) >= 11 is 16.6. The average Bonchev–Trinajstić information content (AvgIpc) is 1.84. The van der Waals surface area contributed by atoms with Gasteiger partial charge in [-0.15, -0.1) is 50.5 Å². The number of rotatable bonds is 0. The fourth-order valence-corrected chi connectivity index (χ4v) is 1.53. The number of benzene rings is 1. The van der Waals surface area contributed by atoms with Crippen molar-refractivity contribution in [3.05, 3.63) is 12.1 Å².